The fourth-order valence-corrected chi connectivity index (χ4v) is 3.89. The number of hydrogen-bond acceptors (Lipinski definition) is 3. The summed E-state index contributed by atoms with van der Waals surface area (Å²) < 4.78 is 2.16. The number of hydrogen-bond donors (Lipinski definition) is 1. The van der Waals surface area contributed by atoms with Gasteiger partial charge in [0.05, 0.1) is 21.8 Å². The van der Waals surface area contributed by atoms with Crippen molar-refractivity contribution in [3.8, 4) is 0 Å². The van der Waals surface area contributed by atoms with Crippen LogP contribution in [0.25, 0.3) is 11.0 Å². The molecule has 1 heterocycles. The van der Waals surface area contributed by atoms with Crippen molar-refractivity contribution in [2.24, 2.45) is 5.92 Å². The number of halogens is 1. The number of rotatable bonds is 6. The van der Waals surface area contributed by atoms with E-state index >= 15 is 0 Å². The summed E-state index contributed by atoms with van der Waals surface area (Å²) in [5.41, 5.74) is 1.79. The lowest BCUT2D eigenvalue weighted by Gasteiger charge is -2.08. The van der Waals surface area contributed by atoms with Crippen LogP contribution in [0.2, 0.25) is 5.02 Å². The average molecular weight is 325 g/mol. The van der Waals surface area contributed by atoms with Gasteiger partial charge in [-0.05, 0) is 30.9 Å². The molecule has 1 fully saturated rings. The first-order chi connectivity index (χ1) is 10.1. The van der Waals surface area contributed by atoms with Gasteiger partial charge in [0.2, 0.25) is 0 Å². The Hall–Kier alpha value is -1.20. The van der Waals surface area contributed by atoms with Crippen molar-refractivity contribution in [1.82, 2.24) is 9.55 Å². The third kappa shape index (κ3) is 2.90. The van der Waals surface area contributed by atoms with Gasteiger partial charge in [-0.3, -0.25) is 4.79 Å². The predicted molar refractivity (Wildman–Crippen MR) is 85.2 cm³/mol. The van der Waals surface area contributed by atoms with E-state index in [0.29, 0.717) is 17.0 Å². The second-order valence-corrected chi connectivity index (χ2v) is 6.76. The second-order valence-electron chi connectivity index (χ2n) is 5.41. The normalized spacial score (nSPS) is 20.9. The number of aromatic nitrogens is 2. The molecule has 2 aromatic rings. The Morgan fingerprint density at radius 3 is 3.10 bits per heavy atom. The van der Waals surface area contributed by atoms with Gasteiger partial charge in [0.15, 0.2) is 5.16 Å². The Labute approximate surface area is 132 Å². The van der Waals surface area contributed by atoms with Crippen molar-refractivity contribution in [1.29, 1.82) is 0 Å². The van der Waals surface area contributed by atoms with Crippen LogP contribution in [0.15, 0.2) is 23.4 Å². The summed E-state index contributed by atoms with van der Waals surface area (Å²) in [4.78, 5) is 15.4. The van der Waals surface area contributed by atoms with Crippen molar-refractivity contribution in [2.45, 2.75) is 37.4 Å². The van der Waals surface area contributed by atoms with Crippen LogP contribution in [0, 0.1) is 5.92 Å². The number of thioether (sulfide) groups is 1. The van der Waals surface area contributed by atoms with Gasteiger partial charge in [0.25, 0.3) is 0 Å². The minimum Gasteiger partial charge on any atom is -0.481 e. The summed E-state index contributed by atoms with van der Waals surface area (Å²) in [6.07, 6.45) is 3.49. The molecule has 1 saturated carbocycles. The average Bonchev–Trinajstić information content (AvgIpc) is 3.08. The summed E-state index contributed by atoms with van der Waals surface area (Å²) >= 11 is 7.62. The molecule has 2 unspecified atom stereocenters. The summed E-state index contributed by atoms with van der Waals surface area (Å²) in [6.45, 7) is 2.19. The van der Waals surface area contributed by atoms with Gasteiger partial charge >= 0.3 is 5.97 Å². The molecule has 1 aromatic carbocycles. The van der Waals surface area contributed by atoms with Crippen molar-refractivity contribution in [3.05, 3.63) is 23.2 Å². The fraction of sp³-hybridized carbons (Fsp3) is 0.467. The molecular weight excluding hydrogens is 308 g/mol. The topological polar surface area (TPSA) is 55.1 Å². The predicted octanol–water partition coefficient (Wildman–Crippen LogP) is 4.23. The number of para-hydroxylation sites is 1. The van der Waals surface area contributed by atoms with Gasteiger partial charge in [-0.25, -0.2) is 4.98 Å². The molecule has 1 N–H and O–H groups in total. The summed E-state index contributed by atoms with van der Waals surface area (Å²) in [7, 11) is 0. The molecule has 0 saturated heterocycles. The number of carbonyl (C=O) groups is 1. The lowest BCUT2D eigenvalue weighted by atomic mass is 10.2. The van der Waals surface area contributed by atoms with Gasteiger partial charge < -0.3 is 9.67 Å². The van der Waals surface area contributed by atoms with Gasteiger partial charge in [0.1, 0.15) is 0 Å². The quantitative estimate of drug-likeness (QED) is 0.808. The van der Waals surface area contributed by atoms with Crippen LogP contribution in [0.1, 0.15) is 32.2 Å². The van der Waals surface area contributed by atoms with Crippen LogP contribution in [-0.2, 0) is 4.79 Å². The third-order valence-electron chi connectivity index (χ3n) is 3.83. The first-order valence-electron chi connectivity index (χ1n) is 7.12. The van der Waals surface area contributed by atoms with Crippen LogP contribution in [0.3, 0.4) is 0 Å². The lowest BCUT2D eigenvalue weighted by molar-refractivity contribution is -0.133. The number of carboxylic acid groups (broad SMARTS) is 1. The molecule has 4 nitrogen and oxygen atoms in total. The first kappa shape index (κ1) is 14.7. The van der Waals surface area contributed by atoms with Gasteiger partial charge in [0, 0.05) is 6.04 Å². The molecule has 3 rings (SSSR count). The number of aliphatic carboxylic acids is 1. The molecule has 112 valence electrons. The largest absolute Gasteiger partial charge is 0.481 e. The fourth-order valence-electron chi connectivity index (χ4n) is 2.85. The summed E-state index contributed by atoms with van der Waals surface area (Å²) in [5, 5.41) is 10.4. The standard InChI is InChI=1S/C15H17ClN2O2S/c1-2-4-9-7-12(9)18-14-10(16)5-3-6-11(14)17-15(18)21-8-13(19)20/h3,5-6,9,12H,2,4,7-8H2,1H3,(H,19,20). The number of carboxylic acids is 1. The molecule has 0 amide bonds. The van der Waals surface area contributed by atoms with E-state index in [1.54, 1.807) is 0 Å². The molecule has 0 radical (unpaired) electrons. The molecule has 1 aliphatic rings. The Kier molecular flexibility index (Phi) is 4.13. The van der Waals surface area contributed by atoms with Gasteiger partial charge in [-0.1, -0.05) is 42.8 Å². The van der Waals surface area contributed by atoms with E-state index in [0.717, 1.165) is 22.6 Å². The minimum absolute atomic E-state index is 0.0199. The molecule has 0 bridgehead atoms. The Morgan fingerprint density at radius 2 is 2.38 bits per heavy atom. The van der Waals surface area contributed by atoms with Crippen LogP contribution in [-0.4, -0.2) is 26.4 Å². The maximum atomic E-state index is 10.8. The van der Waals surface area contributed by atoms with Crippen LogP contribution in [0.4, 0.5) is 0 Å². The zero-order chi connectivity index (χ0) is 15.0. The molecule has 6 heteroatoms. The SMILES string of the molecule is CCCC1CC1n1c(SCC(=O)O)nc2cccc(Cl)c21. The van der Waals surface area contributed by atoms with Crippen molar-refractivity contribution >= 4 is 40.4 Å². The van der Waals surface area contributed by atoms with Gasteiger partial charge in [-0.15, -0.1) is 0 Å². The van der Waals surface area contributed by atoms with Gasteiger partial charge in [-0.2, -0.15) is 0 Å². The molecule has 0 aliphatic heterocycles. The van der Waals surface area contributed by atoms with E-state index in [2.05, 4.69) is 16.5 Å². The maximum Gasteiger partial charge on any atom is 0.313 e. The van der Waals surface area contributed by atoms with Crippen LogP contribution < -0.4 is 0 Å². The molecular formula is C15H17ClN2O2S. The zero-order valence-electron chi connectivity index (χ0n) is 11.8. The van der Waals surface area contributed by atoms with E-state index in [1.807, 2.05) is 18.2 Å². The summed E-state index contributed by atoms with van der Waals surface area (Å²) in [5.74, 6) is -0.148. The first-order valence-corrected chi connectivity index (χ1v) is 8.49. The highest BCUT2D eigenvalue weighted by atomic mass is 35.5. The Morgan fingerprint density at radius 1 is 1.57 bits per heavy atom. The van der Waals surface area contributed by atoms with E-state index < -0.39 is 5.97 Å². The van der Waals surface area contributed by atoms with Crippen LogP contribution >= 0.6 is 23.4 Å². The molecule has 1 aliphatic carbocycles. The number of benzene rings is 1. The lowest BCUT2D eigenvalue weighted by Crippen LogP contribution is -2.03. The second kappa shape index (κ2) is 5.89. The van der Waals surface area contributed by atoms with E-state index in [4.69, 9.17) is 16.7 Å². The van der Waals surface area contributed by atoms with E-state index in [-0.39, 0.29) is 5.75 Å². The van der Waals surface area contributed by atoms with Crippen molar-refractivity contribution in [3.63, 3.8) is 0 Å². The molecule has 21 heavy (non-hydrogen) atoms. The molecule has 1 aromatic heterocycles. The minimum atomic E-state index is -0.828. The highest BCUT2D eigenvalue weighted by molar-refractivity contribution is 7.99. The number of imidazole rings is 1. The van der Waals surface area contributed by atoms with E-state index in [9.17, 15) is 4.79 Å². The Bertz CT molecular complexity index is 686. The molecule has 0 spiro atoms. The third-order valence-corrected chi connectivity index (χ3v) is 5.07. The molecule has 2 atom stereocenters. The number of nitrogens with zero attached hydrogens (tertiary/aromatic N) is 2. The van der Waals surface area contributed by atoms with Crippen molar-refractivity contribution in [2.75, 3.05) is 5.75 Å². The highest BCUT2D eigenvalue weighted by Gasteiger charge is 2.40. The highest BCUT2D eigenvalue weighted by Crippen LogP contribution is 2.50. The Balaban J connectivity index is 2.01. The van der Waals surface area contributed by atoms with E-state index in [1.165, 1.54) is 24.6 Å². The zero-order valence-corrected chi connectivity index (χ0v) is 13.3. The van der Waals surface area contributed by atoms with Crippen molar-refractivity contribution < 1.29 is 9.90 Å². The smallest absolute Gasteiger partial charge is 0.313 e. The van der Waals surface area contributed by atoms with Crippen LogP contribution in [0.5, 0.6) is 0 Å². The number of fused-ring (bicyclic) bond motifs is 1. The monoisotopic (exact) mass is 324 g/mol. The maximum absolute atomic E-state index is 10.8. The summed E-state index contributed by atoms with van der Waals surface area (Å²) in [6, 6.07) is 6.08.